The smallest absolute Gasteiger partial charge is 0.271 e. The molecule has 1 aliphatic carbocycles. The van der Waals surface area contributed by atoms with Gasteiger partial charge in [-0.05, 0) is 59.9 Å². The second-order valence-corrected chi connectivity index (χ2v) is 11.2. The summed E-state index contributed by atoms with van der Waals surface area (Å²) in [5.41, 5.74) is 5.57. The van der Waals surface area contributed by atoms with E-state index in [0.717, 1.165) is 41.0 Å². The number of aromatic nitrogens is 1. The van der Waals surface area contributed by atoms with Crippen molar-refractivity contribution in [3.05, 3.63) is 137 Å². The van der Waals surface area contributed by atoms with Crippen LogP contribution in [0.15, 0.2) is 98.6 Å². The van der Waals surface area contributed by atoms with Crippen molar-refractivity contribution >= 4 is 28.8 Å². The molecule has 0 spiro atoms. The monoisotopic (exact) mass is 591 g/mol. The molecular weight excluding hydrogens is 566 g/mol. The minimum atomic E-state index is -0.467. The Kier molecular flexibility index (Phi) is 6.55. The van der Waals surface area contributed by atoms with Crippen LogP contribution in [0.2, 0.25) is 0 Å². The number of nitro benzene ring substituents is 1. The molecule has 10 heteroatoms. The summed E-state index contributed by atoms with van der Waals surface area (Å²) in [4.78, 5) is 30.6. The molecule has 2 aromatic heterocycles. The molecule has 0 radical (unpaired) electrons. The second-order valence-electron chi connectivity index (χ2n) is 10.2. The number of benzene rings is 3. The normalized spacial score (nSPS) is 15.8. The Morgan fingerprint density at radius 2 is 1.81 bits per heavy atom. The van der Waals surface area contributed by atoms with E-state index in [4.69, 9.17) is 18.9 Å². The van der Waals surface area contributed by atoms with Crippen molar-refractivity contribution in [3.63, 3.8) is 0 Å². The third-order valence-corrected chi connectivity index (χ3v) is 8.85. The van der Waals surface area contributed by atoms with Gasteiger partial charge in [-0.1, -0.05) is 47.7 Å². The fourth-order valence-electron chi connectivity index (χ4n) is 5.82. The highest BCUT2D eigenvalue weighted by Gasteiger charge is 2.32. The molecule has 0 fully saturated rings. The van der Waals surface area contributed by atoms with Gasteiger partial charge in [-0.3, -0.25) is 19.5 Å². The molecule has 214 valence electrons. The number of hydrogen-bond donors (Lipinski definition) is 0. The topological polar surface area (TPSA) is 109 Å². The predicted molar refractivity (Wildman–Crippen MR) is 163 cm³/mol. The number of thiazole rings is 1. The third-order valence-electron chi connectivity index (χ3n) is 7.86. The van der Waals surface area contributed by atoms with Gasteiger partial charge in [-0.25, -0.2) is 4.99 Å². The summed E-state index contributed by atoms with van der Waals surface area (Å²) < 4.78 is 19.1. The summed E-state index contributed by atoms with van der Waals surface area (Å²) in [5.74, 6) is 2.01. The summed E-state index contributed by atoms with van der Waals surface area (Å²) in [6.45, 7) is 0. The van der Waals surface area contributed by atoms with E-state index in [1.165, 1.54) is 42.2 Å². The van der Waals surface area contributed by atoms with Crippen LogP contribution in [0, 0.1) is 10.1 Å². The van der Waals surface area contributed by atoms with Gasteiger partial charge in [0.2, 0.25) is 0 Å². The lowest BCUT2D eigenvalue weighted by molar-refractivity contribution is -0.384. The molecule has 0 amide bonds. The number of ether oxygens (including phenoxy) is 2. The molecule has 0 saturated heterocycles. The Morgan fingerprint density at radius 1 is 1.00 bits per heavy atom. The van der Waals surface area contributed by atoms with Gasteiger partial charge in [0.1, 0.15) is 23.0 Å². The number of fused-ring (bicyclic) bond motifs is 3. The SMILES string of the molecule is COc1ccc([C@H]2C3=C(N=c4s/c(=C/c5ccc(-c6cc([N+](=O)[O-])ccc6OC)o5)c(=O)n42)c2ccccc2CC3)cc1. The van der Waals surface area contributed by atoms with Gasteiger partial charge in [-0.15, -0.1) is 0 Å². The van der Waals surface area contributed by atoms with Gasteiger partial charge >= 0.3 is 0 Å². The van der Waals surface area contributed by atoms with E-state index >= 15 is 0 Å². The number of furan rings is 1. The average Bonchev–Trinajstić information content (AvgIpc) is 3.63. The molecule has 3 aromatic carbocycles. The highest BCUT2D eigenvalue weighted by molar-refractivity contribution is 7.07. The largest absolute Gasteiger partial charge is 0.497 e. The fraction of sp³-hybridized carbons (Fsp3) is 0.152. The zero-order valence-electron chi connectivity index (χ0n) is 23.3. The molecule has 3 heterocycles. The molecule has 2 aliphatic rings. The van der Waals surface area contributed by atoms with Crippen molar-refractivity contribution in [1.82, 2.24) is 4.57 Å². The van der Waals surface area contributed by atoms with Crippen LogP contribution in [-0.2, 0) is 6.42 Å². The van der Waals surface area contributed by atoms with Crippen LogP contribution in [0.1, 0.15) is 34.9 Å². The number of hydrogen-bond acceptors (Lipinski definition) is 8. The van der Waals surface area contributed by atoms with E-state index in [9.17, 15) is 14.9 Å². The Balaban J connectivity index is 1.37. The third kappa shape index (κ3) is 4.56. The van der Waals surface area contributed by atoms with Crippen molar-refractivity contribution < 1.29 is 18.8 Å². The van der Waals surface area contributed by atoms with Crippen molar-refractivity contribution in [2.24, 2.45) is 4.99 Å². The minimum absolute atomic E-state index is 0.0777. The number of nitro groups is 1. The first-order valence-corrected chi connectivity index (χ1v) is 14.5. The summed E-state index contributed by atoms with van der Waals surface area (Å²) in [6, 6.07) is 23.6. The van der Waals surface area contributed by atoms with Gasteiger partial charge < -0.3 is 13.9 Å². The van der Waals surface area contributed by atoms with Gasteiger partial charge in [0, 0.05) is 23.8 Å². The quantitative estimate of drug-likeness (QED) is 0.191. The number of rotatable bonds is 6. The number of allylic oxidation sites excluding steroid dienone is 1. The van der Waals surface area contributed by atoms with Crippen LogP contribution < -0.4 is 24.4 Å². The van der Waals surface area contributed by atoms with Gasteiger partial charge in [0.15, 0.2) is 4.80 Å². The summed E-state index contributed by atoms with van der Waals surface area (Å²) in [6.07, 6.45) is 3.36. The Labute approximate surface area is 249 Å². The van der Waals surface area contributed by atoms with Crippen LogP contribution >= 0.6 is 11.3 Å². The maximum atomic E-state index is 14.0. The minimum Gasteiger partial charge on any atom is -0.497 e. The van der Waals surface area contributed by atoms with Crippen molar-refractivity contribution in [2.75, 3.05) is 14.2 Å². The molecule has 7 rings (SSSR count). The molecule has 0 unspecified atom stereocenters. The van der Waals surface area contributed by atoms with E-state index in [2.05, 4.69) is 12.1 Å². The summed E-state index contributed by atoms with van der Waals surface area (Å²) >= 11 is 1.31. The van der Waals surface area contributed by atoms with E-state index in [0.29, 0.717) is 32.2 Å². The number of methoxy groups -OCH3 is 2. The van der Waals surface area contributed by atoms with Gasteiger partial charge in [0.25, 0.3) is 11.2 Å². The molecular formula is C33H25N3O6S. The lowest BCUT2D eigenvalue weighted by Gasteiger charge is -2.30. The van der Waals surface area contributed by atoms with E-state index in [-0.39, 0.29) is 17.3 Å². The molecule has 1 aliphatic heterocycles. The Morgan fingerprint density at radius 3 is 2.58 bits per heavy atom. The average molecular weight is 592 g/mol. The first kappa shape index (κ1) is 26.7. The zero-order valence-corrected chi connectivity index (χ0v) is 24.1. The van der Waals surface area contributed by atoms with Crippen LogP contribution in [0.4, 0.5) is 5.69 Å². The molecule has 5 aromatic rings. The van der Waals surface area contributed by atoms with Gasteiger partial charge in [-0.2, -0.15) is 0 Å². The lowest BCUT2D eigenvalue weighted by atomic mass is 9.83. The molecule has 0 saturated carbocycles. The molecule has 0 bridgehead atoms. The van der Waals surface area contributed by atoms with E-state index in [1.807, 2.05) is 36.4 Å². The Bertz CT molecular complexity index is 2120. The first-order valence-electron chi connectivity index (χ1n) is 13.6. The summed E-state index contributed by atoms with van der Waals surface area (Å²) in [7, 11) is 3.12. The maximum absolute atomic E-state index is 14.0. The second kappa shape index (κ2) is 10.6. The highest BCUT2D eigenvalue weighted by atomic mass is 32.1. The highest BCUT2D eigenvalue weighted by Crippen LogP contribution is 2.41. The van der Waals surface area contributed by atoms with Crippen LogP contribution in [0.3, 0.4) is 0 Å². The number of non-ortho nitro benzene ring substituents is 1. The van der Waals surface area contributed by atoms with Crippen LogP contribution in [0.25, 0.3) is 23.1 Å². The van der Waals surface area contributed by atoms with Crippen molar-refractivity contribution in [3.8, 4) is 22.8 Å². The molecule has 0 N–H and O–H groups in total. The molecule has 1 atom stereocenters. The number of aryl methyl sites for hydroxylation is 1. The first-order chi connectivity index (χ1) is 20.9. The van der Waals surface area contributed by atoms with Gasteiger partial charge in [0.05, 0.1) is 41.0 Å². The zero-order chi connectivity index (χ0) is 29.7. The van der Waals surface area contributed by atoms with Crippen molar-refractivity contribution in [1.29, 1.82) is 0 Å². The van der Waals surface area contributed by atoms with Crippen LogP contribution in [-0.4, -0.2) is 23.7 Å². The maximum Gasteiger partial charge on any atom is 0.271 e. The predicted octanol–water partition coefficient (Wildman–Crippen LogP) is 5.50. The van der Waals surface area contributed by atoms with Crippen LogP contribution in [0.5, 0.6) is 11.5 Å². The molecule has 43 heavy (non-hydrogen) atoms. The standard InChI is InChI=1S/C33H25N3O6S/c1-40-22-11-7-20(8-12-22)31-25-14-9-19-5-3-4-6-24(19)30(25)34-33-35(31)32(37)29(43-33)18-23-13-16-28(42-23)26-17-21(36(38)39)10-15-27(26)41-2/h3-8,10-13,15-18,31H,9,14H2,1-2H3/b29-18+/t31-/m0/s1. The Hall–Kier alpha value is -5.22. The fourth-order valence-corrected chi connectivity index (χ4v) is 6.80. The summed E-state index contributed by atoms with van der Waals surface area (Å²) in [5, 5.41) is 11.4. The van der Waals surface area contributed by atoms with Crippen molar-refractivity contribution in [2.45, 2.75) is 18.9 Å². The van der Waals surface area contributed by atoms with E-state index < -0.39 is 4.92 Å². The lowest BCUT2D eigenvalue weighted by Crippen LogP contribution is -2.38. The van der Waals surface area contributed by atoms with E-state index in [1.54, 1.807) is 29.9 Å². The molecule has 9 nitrogen and oxygen atoms in total. The number of nitrogens with zero attached hydrogens (tertiary/aromatic N) is 3.